The Bertz CT molecular complexity index is 240. The number of nitrogens with two attached hydrogens (primary N) is 1. The van der Waals surface area contributed by atoms with Gasteiger partial charge in [-0.2, -0.15) is 0 Å². The number of rotatable bonds is 2. The Morgan fingerprint density at radius 3 is 2.67 bits per heavy atom. The van der Waals surface area contributed by atoms with E-state index in [9.17, 15) is 0 Å². The number of nitrogens with zero attached hydrogens (tertiary/aromatic N) is 1. The Morgan fingerprint density at radius 1 is 1.50 bits per heavy atom. The average Bonchev–Trinajstić information content (AvgIpc) is 1.85. The van der Waals surface area contributed by atoms with Gasteiger partial charge < -0.3 is 0 Å². The molecule has 0 aromatic heterocycles. The first kappa shape index (κ1) is 11.9. The summed E-state index contributed by atoms with van der Waals surface area (Å²) in [4.78, 5) is 0. The Labute approximate surface area is 87.3 Å². The molecule has 68 valence electrons. The lowest BCUT2D eigenvalue weighted by Crippen LogP contribution is -2.24. The summed E-state index contributed by atoms with van der Waals surface area (Å²) in [5.74, 6) is 5.49. The van der Waals surface area contributed by atoms with Crippen molar-refractivity contribution >= 4 is 28.3 Å². The Kier molecular flexibility index (Phi) is 5.50. The fraction of sp³-hybridized carbons (Fsp3) is 0.250. The van der Waals surface area contributed by atoms with Crippen LogP contribution in [0.1, 0.15) is 5.56 Å². The van der Waals surface area contributed by atoms with E-state index in [1.54, 1.807) is 5.01 Å². The van der Waals surface area contributed by atoms with E-state index in [1.165, 1.54) is 5.56 Å². The Morgan fingerprint density at radius 2 is 2.17 bits per heavy atom. The number of halogens is 2. The minimum Gasteiger partial charge on any atom is -0.269 e. The molecule has 12 heavy (non-hydrogen) atoms. The molecule has 2 N–H and O–H groups in total. The molecular formula is C8H12BrClN2. The smallest absolute Gasteiger partial charge is 0.0376 e. The molecule has 0 aliphatic heterocycles. The zero-order chi connectivity index (χ0) is 8.27. The number of benzene rings is 1. The monoisotopic (exact) mass is 250 g/mol. The van der Waals surface area contributed by atoms with Gasteiger partial charge in [-0.25, -0.2) is 5.01 Å². The van der Waals surface area contributed by atoms with Crippen molar-refractivity contribution in [3.63, 3.8) is 0 Å². The molecule has 0 fully saturated rings. The van der Waals surface area contributed by atoms with Crippen molar-refractivity contribution in [1.82, 2.24) is 5.01 Å². The highest BCUT2D eigenvalue weighted by Crippen LogP contribution is 2.11. The molecule has 0 spiro atoms. The minimum absolute atomic E-state index is 0. The van der Waals surface area contributed by atoms with Crippen LogP contribution in [0.15, 0.2) is 28.7 Å². The molecule has 0 saturated heterocycles. The van der Waals surface area contributed by atoms with Crippen molar-refractivity contribution in [3.8, 4) is 0 Å². The van der Waals surface area contributed by atoms with Gasteiger partial charge in [0.15, 0.2) is 0 Å². The molecule has 4 heteroatoms. The third kappa shape index (κ3) is 4.07. The fourth-order valence-corrected chi connectivity index (χ4v) is 1.37. The van der Waals surface area contributed by atoms with Crippen LogP contribution in [-0.4, -0.2) is 12.1 Å². The van der Waals surface area contributed by atoms with Crippen molar-refractivity contribution in [1.29, 1.82) is 0 Å². The molecule has 0 saturated carbocycles. The van der Waals surface area contributed by atoms with Gasteiger partial charge in [-0.1, -0.05) is 28.1 Å². The first-order chi connectivity index (χ1) is 5.18. The van der Waals surface area contributed by atoms with E-state index in [4.69, 9.17) is 5.84 Å². The number of hydrazine groups is 1. The van der Waals surface area contributed by atoms with Crippen LogP contribution in [0.4, 0.5) is 0 Å². The van der Waals surface area contributed by atoms with Crippen LogP contribution in [-0.2, 0) is 6.54 Å². The second kappa shape index (κ2) is 5.54. The molecule has 0 radical (unpaired) electrons. The summed E-state index contributed by atoms with van der Waals surface area (Å²) in [5, 5.41) is 1.65. The van der Waals surface area contributed by atoms with Gasteiger partial charge in [0.1, 0.15) is 0 Å². The van der Waals surface area contributed by atoms with E-state index in [1.807, 2.05) is 25.2 Å². The van der Waals surface area contributed by atoms with Gasteiger partial charge in [-0.3, -0.25) is 5.84 Å². The summed E-state index contributed by atoms with van der Waals surface area (Å²) < 4.78 is 1.09. The predicted octanol–water partition coefficient (Wildman–Crippen LogP) is 2.18. The van der Waals surface area contributed by atoms with Crippen LogP contribution < -0.4 is 5.84 Å². The summed E-state index contributed by atoms with van der Waals surface area (Å²) in [5.41, 5.74) is 1.21. The van der Waals surface area contributed by atoms with Gasteiger partial charge in [0.25, 0.3) is 0 Å². The number of hydrogen-bond acceptors (Lipinski definition) is 2. The van der Waals surface area contributed by atoms with Crippen LogP contribution >= 0.6 is 28.3 Å². The molecule has 0 unspecified atom stereocenters. The van der Waals surface area contributed by atoms with Gasteiger partial charge in [0, 0.05) is 18.1 Å². The lowest BCUT2D eigenvalue weighted by atomic mass is 10.2. The molecule has 2 nitrogen and oxygen atoms in total. The van der Waals surface area contributed by atoms with E-state index in [0.717, 1.165) is 11.0 Å². The Balaban J connectivity index is 0.00000121. The van der Waals surface area contributed by atoms with Crippen LogP contribution in [0, 0.1) is 0 Å². The summed E-state index contributed by atoms with van der Waals surface area (Å²) in [6.45, 7) is 0.777. The van der Waals surface area contributed by atoms with Gasteiger partial charge in [0.2, 0.25) is 0 Å². The van der Waals surface area contributed by atoms with Crippen molar-refractivity contribution in [2.24, 2.45) is 5.84 Å². The maximum absolute atomic E-state index is 5.49. The molecule has 1 rings (SSSR count). The lowest BCUT2D eigenvalue weighted by Gasteiger charge is -2.08. The average molecular weight is 252 g/mol. The molecule has 1 aromatic rings. The van der Waals surface area contributed by atoms with Crippen molar-refractivity contribution < 1.29 is 0 Å². The molecule has 0 aliphatic carbocycles. The van der Waals surface area contributed by atoms with E-state index >= 15 is 0 Å². The normalized spacial score (nSPS) is 9.67. The highest BCUT2D eigenvalue weighted by molar-refractivity contribution is 9.10. The number of hydrogen-bond donors (Lipinski definition) is 1. The molecule has 0 atom stereocenters. The van der Waals surface area contributed by atoms with Gasteiger partial charge in [-0.05, 0) is 17.7 Å². The second-order valence-electron chi connectivity index (χ2n) is 2.55. The van der Waals surface area contributed by atoms with Crippen LogP contribution in [0.25, 0.3) is 0 Å². The molecule has 0 heterocycles. The van der Waals surface area contributed by atoms with E-state index in [-0.39, 0.29) is 12.4 Å². The maximum Gasteiger partial charge on any atom is 0.0376 e. The maximum atomic E-state index is 5.49. The molecule has 0 aliphatic rings. The standard InChI is InChI=1S/C8H11BrN2.ClH/c1-11(10)6-7-3-2-4-8(9)5-7;/h2-5H,6,10H2,1H3;1H. The van der Waals surface area contributed by atoms with Gasteiger partial charge in [0.05, 0.1) is 0 Å². The van der Waals surface area contributed by atoms with E-state index in [0.29, 0.717) is 0 Å². The first-order valence-corrected chi connectivity index (χ1v) is 4.18. The van der Waals surface area contributed by atoms with Crippen molar-refractivity contribution in [3.05, 3.63) is 34.3 Å². The highest BCUT2D eigenvalue weighted by Gasteiger charge is 1.94. The Hall–Kier alpha value is -0.0900. The third-order valence-electron chi connectivity index (χ3n) is 1.32. The van der Waals surface area contributed by atoms with Crippen LogP contribution in [0.5, 0.6) is 0 Å². The third-order valence-corrected chi connectivity index (χ3v) is 1.81. The summed E-state index contributed by atoms with van der Waals surface area (Å²) >= 11 is 3.39. The zero-order valence-corrected chi connectivity index (χ0v) is 9.23. The van der Waals surface area contributed by atoms with E-state index < -0.39 is 0 Å². The predicted molar refractivity (Wildman–Crippen MR) is 57.0 cm³/mol. The minimum atomic E-state index is 0. The molecule has 1 aromatic carbocycles. The van der Waals surface area contributed by atoms with Crippen LogP contribution in [0.3, 0.4) is 0 Å². The van der Waals surface area contributed by atoms with Gasteiger partial charge in [-0.15, -0.1) is 12.4 Å². The quantitative estimate of drug-likeness (QED) is 0.645. The zero-order valence-electron chi connectivity index (χ0n) is 6.83. The summed E-state index contributed by atoms with van der Waals surface area (Å²) in [7, 11) is 1.85. The second-order valence-corrected chi connectivity index (χ2v) is 3.46. The molecule has 0 bridgehead atoms. The SMILES string of the molecule is CN(N)Cc1cccc(Br)c1.Cl. The van der Waals surface area contributed by atoms with Crippen LogP contribution in [0.2, 0.25) is 0 Å². The first-order valence-electron chi connectivity index (χ1n) is 3.39. The van der Waals surface area contributed by atoms with Gasteiger partial charge >= 0.3 is 0 Å². The summed E-state index contributed by atoms with van der Waals surface area (Å²) in [6.07, 6.45) is 0. The lowest BCUT2D eigenvalue weighted by molar-refractivity contribution is 0.341. The molecule has 0 amide bonds. The van der Waals surface area contributed by atoms with Crippen molar-refractivity contribution in [2.45, 2.75) is 6.54 Å². The topological polar surface area (TPSA) is 29.3 Å². The largest absolute Gasteiger partial charge is 0.269 e. The van der Waals surface area contributed by atoms with Crippen molar-refractivity contribution in [2.75, 3.05) is 7.05 Å². The van der Waals surface area contributed by atoms with E-state index in [2.05, 4.69) is 22.0 Å². The molecular weight excluding hydrogens is 239 g/mol. The highest BCUT2D eigenvalue weighted by atomic mass is 79.9. The summed E-state index contributed by atoms with van der Waals surface area (Å²) in [6, 6.07) is 8.11. The fourth-order valence-electron chi connectivity index (χ4n) is 0.923.